The SMILES string of the molecule is O=C(NC[C@@H]1COc2ccccc2O1)C1CCN(C(=O)c2ccco2)CC1. The molecule has 0 bridgehead atoms. The number of amides is 2. The molecule has 7 heteroatoms. The fraction of sp³-hybridized carbons (Fsp3) is 0.400. The third-order valence-electron chi connectivity index (χ3n) is 4.96. The number of likely N-dealkylation sites (tertiary alicyclic amines) is 1. The average Bonchev–Trinajstić information content (AvgIpc) is 3.26. The maximum absolute atomic E-state index is 12.5. The van der Waals surface area contributed by atoms with Crippen molar-refractivity contribution in [2.24, 2.45) is 5.92 Å². The molecule has 1 fully saturated rings. The van der Waals surface area contributed by atoms with E-state index in [2.05, 4.69) is 5.32 Å². The second-order valence-corrected chi connectivity index (χ2v) is 6.79. The van der Waals surface area contributed by atoms with E-state index in [9.17, 15) is 9.59 Å². The molecule has 0 radical (unpaired) electrons. The largest absolute Gasteiger partial charge is 0.486 e. The molecule has 4 rings (SSSR count). The predicted molar refractivity (Wildman–Crippen MR) is 96.7 cm³/mol. The summed E-state index contributed by atoms with van der Waals surface area (Å²) < 4.78 is 16.7. The molecule has 2 aliphatic rings. The molecule has 3 heterocycles. The lowest BCUT2D eigenvalue weighted by molar-refractivity contribution is -0.126. The highest BCUT2D eigenvalue weighted by Gasteiger charge is 2.29. The maximum Gasteiger partial charge on any atom is 0.289 e. The molecule has 1 aromatic carbocycles. The molecule has 1 aromatic heterocycles. The van der Waals surface area contributed by atoms with E-state index in [0.717, 1.165) is 5.75 Å². The summed E-state index contributed by atoms with van der Waals surface area (Å²) in [4.78, 5) is 26.5. The van der Waals surface area contributed by atoms with Crippen molar-refractivity contribution in [1.82, 2.24) is 10.2 Å². The second-order valence-electron chi connectivity index (χ2n) is 6.79. The number of nitrogens with one attached hydrogen (secondary N) is 1. The van der Waals surface area contributed by atoms with Gasteiger partial charge in [-0.05, 0) is 37.1 Å². The van der Waals surface area contributed by atoms with Crippen LogP contribution in [-0.2, 0) is 4.79 Å². The van der Waals surface area contributed by atoms with Crippen LogP contribution in [0.1, 0.15) is 23.4 Å². The number of fused-ring (bicyclic) bond motifs is 1. The molecule has 1 saturated heterocycles. The average molecular weight is 370 g/mol. The minimum Gasteiger partial charge on any atom is -0.486 e. The van der Waals surface area contributed by atoms with Gasteiger partial charge < -0.3 is 24.1 Å². The van der Waals surface area contributed by atoms with Crippen LogP contribution < -0.4 is 14.8 Å². The molecule has 0 unspecified atom stereocenters. The van der Waals surface area contributed by atoms with Crippen molar-refractivity contribution in [1.29, 1.82) is 0 Å². The van der Waals surface area contributed by atoms with E-state index in [1.54, 1.807) is 17.0 Å². The molecule has 0 aliphatic carbocycles. The lowest BCUT2D eigenvalue weighted by Crippen LogP contribution is -2.46. The summed E-state index contributed by atoms with van der Waals surface area (Å²) in [6.07, 6.45) is 2.57. The minimum absolute atomic E-state index is 0.00237. The number of para-hydroxylation sites is 2. The first-order valence-corrected chi connectivity index (χ1v) is 9.19. The van der Waals surface area contributed by atoms with Gasteiger partial charge in [-0.15, -0.1) is 0 Å². The first-order chi connectivity index (χ1) is 13.2. The number of benzene rings is 1. The Kier molecular flexibility index (Phi) is 5.00. The Morgan fingerprint density at radius 3 is 2.59 bits per heavy atom. The van der Waals surface area contributed by atoms with Crippen molar-refractivity contribution in [3.8, 4) is 11.5 Å². The monoisotopic (exact) mass is 370 g/mol. The highest BCUT2D eigenvalue weighted by Crippen LogP contribution is 2.30. The van der Waals surface area contributed by atoms with E-state index < -0.39 is 0 Å². The topological polar surface area (TPSA) is 81.0 Å². The lowest BCUT2D eigenvalue weighted by atomic mass is 9.95. The number of nitrogens with zero attached hydrogens (tertiary/aromatic N) is 1. The van der Waals surface area contributed by atoms with E-state index in [4.69, 9.17) is 13.9 Å². The summed E-state index contributed by atoms with van der Waals surface area (Å²) in [5.41, 5.74) is 0. The number of hydrogen-bond donors (Lipinski definition) is 1. The summed E-state index contributed by atoms with van der Waals surface area (Å²) in [5, 5.41) is 2.96. The molecule has 0 spiro atoms. The number of ether oxygens (including phenoxy) is 2. The van der Waals surface area contributed by atoms with E-state index in [1.807, 2.05) is 24.3 Å². The molecule has 27 heavy (non-hydrogen) atoms. The predicted octanol–water partition coefficient (Wildman–Crippen LogP) is 2.09. The normalized spacial score (nSPS) is 19.6. The van der Waals surface area contributed by atoms with Crippen molar-refractivity contribution in [3.05, 3.63) is 48.4 Å². The van der Waals surface area contributed by atoms with Crippen molar-refractivity contribution >= 4 is 11.8 Å². The van der Waals surface area contributed by atoms with E-state index in [-0.39, 0.29) is 23.8 Å². The fourth-order valence-corrected chi connectivity index (χ4v) is 3.42. The third kappa shape index (κ3) is 3.92. The third-order valence-corrected chi connectivity index (χ3v) is 4.96. The molecule has 1 N–H and O–H groups in total. The Hall–Kier alpha value is -2.96. The van der Waals surface area contributed by atoms with Gasteiger partial charge in [-0.1, -0.05) is 12.1 Å². The zero-order valence-corrected chi connectivity index (χ0v) is 14.9. The first kappa shape index (κ1) is 17.5. The number of carbonyl (C=O) groups is 2. The number of furan rings is 1. The molecular formula is C20H22N2O5. The van der Waals surface area contributed by atoms with Crippen LogP contribution in [0.15, 0.2) is 47.1 Å². The first-order valence-electron chi connectivity index (χ1n) is 9.19. The van der Waals surface area contributed by atoms with Gasteiger partial charge in [0.05, 0.1) is 12.8 Å². The zero-order valence-electron chi connectivity index (χ0n) is 14.9. The van der Waals surface area contributed by atoms with Crippen molar-refractivity contribution in [3.63, 3.8) is 0 Å². The van der Waals surface area contributed by atoms with Crippen LogP contribution in [0.3, 0.4) is 0 Å². The summed E-state index contributed by atoms with van der Waals surface area (Å²) in [5.74, 6) is 1.56. The molecule has 142 valence electrons. The maximum atomic E-state index is 12.5. The smallest absolute Gasteiger partial charge is 0.289 e. The second kappa shape index (κ2) is 7.73. The molecule has 0 saturated carbocycles. The van der Waals surface area contributed by atoms with E-state index in [0.29, 0.717) is 50.6 Å². The van der Waals surface area contributed by atoms with Gasteiger partial charge in [0.15, 0.2) is 17.3 Å². The van der Waals surface area contributed by atoms with Gasteiger partial charge in [-0.3, -0.25) is 9.59 Å². The fourth-order valence-electron chi connectivity index (χ4n) is 3.42. The number of piperidine rings is 1. The van der Waals surface area contributed by atoms with Gasteiger partial charge in [0.1, 0.15) is 12.7 Å². The Balaban J connectivity index is 1.23. The summed E-state index contributed by atoms with van der Waals surface area (Å²) in [6, 6.07) is 10.9. The van der Waals surface area contributed by atoms with Crippen LogP contribution in [0.25, 0.3) is 0 Å². The highest BCUT2D eigenvalue weighted by atomic mass is 16.6. The Morgan fingerprint density at radius 1 is 1.07 bits per heavy atom. The van der Waals surface area contributed by atoms with Gasteiger partial charge in [0, 0.05) is 19.0 Å². The Labute approximate surface area is 157 Å². The van der Waals surface area contributed by atoms with Crippen LogP contribution in [-0.4, -0.2) is 49.1 Å². The number of rotatable bonds is 4. The summed E-state index contributed by atoms with van der Waals surface area (Å²) in [7, 11) is 0. The lowest BCUT2D eigenvalue weighted by Gasteiger charge is -2.31. The molecule has 2 aromatic rings. The van der Waals surface area contributed by atoms with Crippen LogP contribution >= 0.6 is 0 Å². The minimum atomic E-state index is -0.204. The van der Waals surface area contributed by atoms with E-state index >= 15 is 0 Å². The quantitative estimate of drug-likeness (QED) is 0.891. The van der Waals surface area contributed by atoms with Gasteiger partial charge in [0.25, 0.3) is 5.91 Å². The van der Waals surface area contributed by atoms with Gasteiger partial charge >= 0.3 is 0 Å². The highest BCUT2D eigenvalue weighted by molar-refractivity contribution is 5.91. The van der Waals surface area contributed by atoms with Crippen molar-refractivity contribution in [2.75, 3.05) is 26.2 Å². The Bertz CT molecular complexity index is 796. The van der Waals surface area contributed by atoms with Crippen LogP contribution in [0, 0.1) is 5.92 Å². The molecular weight excluding hydrogens is 348 g/mol. The van der Waals surface area contributed by atoms with Gasteiger partial charge in [-0.25, -0.2) is 0 Å². The Morgan fingerprint density at radius 2 is 1.85 bits per heavy atom. The van der Waals surface area contributed by atoms with Crippen molar-refractivity contribution < 1.29 is 23.5 Å². The molecule has 2 aliphatic heterocycles. The molecule has 1 atom stereocenters. The molecule has 2 amide bonds. The zero-order chi connectivity index (χ0) is 18.6. The summed E-state index contributed by atoms with van der Waals surface area (Å²) >= 11 is 0. The molecule has 7 nitrogen and oxygen atoms in total. The van der Waals surface area contributed by atoms with Crippen molar-refractivity contribution in [2.45, 2.75) is 18.9 Å². The van der Waals surface area contributed by atoms with Gasteiger partial charge in [0.2, 0.25) is 5.91 Å². The van der Waals surface area contributed by atoms with Crippen LogP contribution in [0.2, 0.25) is 0 Å². The summed E-state index contributed by atoms with van der Waals surface area (Å²) in [6.45, 7) is 1.91. The van der Waals surface area contributed by atoms with Crippen LogP contribution in [0.4, 0.5) is 0 Å². The number of hydrogen-bond acceptors (Lipinski definition) is 5. The standard InChI is InChI=1S/C20H22N2O5/c23-19(21-12-15-13-26-16-4-1-2-5-17(16)27-15)14-7-9-22(10-8-14)20(24)18-6-3-11-25-18/h1-6,11,14-15H,7-10,12-13H2,(H,21,23)/t15-/m1/s1. The number of carbonyl (C=O) groups excluding carboxylic acids is 2. The van der Waals surface area contributed by atoms with E-state index in [1.165, 1.54) is 6.26 Å². The van der Waals surface area contributed by atoms with Crippen LogP contribution in [0.5, 0.6) is 11.5 Å². The van der Waals surface area contributed by atoms with Gasteiger partial charge in [-0.2, -0.15) is 0 Å².